The number of H-pyrrole nitrogens is 1. The van der Waals surface area contributed by atoms with Crippen molar-refractivity contribution in [1.29, 1.82) is 5.26 Å². The van der Waals surface area contributed by atoms with E-state index >= 15 is 0 Å². The number of imidazole rings is 1. The zero-order chi connectivity index (χ0) is 26.5. The maximum Gasteiger partial charge on any atom is 0.139 e. The number of benzene rings is 4. The predicted octanol–water partition coefficient (Wildman–Crippen LogP) is 7.05. The van der Waals surface area contributed by atoms with Gasteiger partial charge in [-0.3, -0.25) is 0 Å². The third-order valence-corrected chi connectivity index (χ3v) is 7.83. The number of nitrogens with zero attached hydrogens (tertiary/aromatic N) is 3. The van der Waals surface area contributed by atoms with Gasteiger partial charge >= 0.3 is 0 Å². The molecule has 192 valence electrons. The van der Waals surface area contributed by atoms with Crippen molar-refractivity contribution in [3.05, 3.63) is 90.2 Å². The van der Waals surface area contributed by atoms with Gasteiger partial charge in [0.1, 0.15) is 17.7 Å². The van der Waals surface area contributed by atoms with Gasteiger partial charge in [0, 0.05) is 28.1 Å². The summed E-state index contributed by atoms with van der Waals surface area (Å²) in [6.45, 7) is 0. The van der Waals surface area contributed by atoms with Crippen LogP contribution in [0.5, 0.6) is 0 Å². The van der Waals surface area contributed by atoms with Crippen LogP contribution in [0.4, 0.5) is 10.1 Å². The first-order valence-electron chi connectivity index (χ1n) is 13.3. The average Bonchev–Trinajstić information content (AvgIpc) is 3.53. The van der Waals surface area contributed by atoms with Gasteiger partial charge in [0.25, 0.3) is 0 Å². The number of nitrogens with one attached hydrogen (secondary N) is 2. The molecule has 0 aliphatic heterocycles. The monoisotopic (exact) mass is 515 g/mol. The van der Waals surface area contributed by atoms with E-state index in [1.165, 1.54) is 12.1 Å². The summed E-state index contributed by atoms with van der Waals surface area (Å²) in [6.07, 6.45) is 3.04. The minimum atomic E-state index is -0.304. The Labute approximate surface area is 224 Å². The highest BCUT2D eigenvalue weighted by molar-refractivity contribution is 6.15. The van der Waals surface area contributed by atoms with Crippen LogP contribution in [-0.2, 0) is 0 Å². The third-order valence-electron chi connectivity index (χ3n) is 7.83. The van der Waals surface area contributed by atoms with Crippen molar-refractivity contribution in [2.24, 2.45) is 0 Å². The van der Waals surface area contributed by atoms with Crippen molar-refractivity contribution < 1.29 is 9.50 Å². The second kappa shape index (κ2) is 9.26. The van der Waals surface area contributed by atoms with E-state index in [0.717, 1.165) is 64.4 Å². The van der Waals surface area contributed by atoms with Crippen molar-refractivity contribution >= 4 is 38.5 Å². The molecule has 6 aromatic rings. The number of aromatic amines is 1. The summed E-state index contributed by atoms with van der Waals surface area (Å²) >= 11 is 0. The zero-order valence-electron chi connectivity index (χ0n) is 21.2. The van der Waals surface area contributed by atoms with Crippen molar-refractivity contribution in [3.8, 4) is 23.1 Å². The molecule has 7 rings (SSSR count). The molecule has 2 aromatic heterocycles. The van der Waals surface area contributed by atoms with E-state index in [0.29, 0.717) is 22.4 Å². The highest BCUT2D eigenvalue weighted by Crippen LogP contribution is 2.39. The maximum atomic E-state index is 13.9. The Morgan fingerprint density at radius 2 is 1.77 bits per heavy atom. The first-order valence-corrected chi connectivity index (χ1v) is 13.3. The van der Waals surface area contributed by atoms with Gasteiger partial charge in [-0.1, -0.05) is 30.3 Å². The number of para-hydroxylation sites is 1. The molecule has 0 atom stereocenters. The Morgan fingerprint density at radius 3 is 2.62 bits per heavy atom. The highest BCUT2D eigenvalue weighted by Gasteiger charge is 2.22. The lowest BCUT2D eigenvalue weighted by Crippen LogP contribution is -2.28. The van der Waals surface area contributed by atoms with E-state index in [9.17, 15) is 14.8 Å². The molecule has 3 N–H and O–H groups in total. The number of fused-ring (bicyclic) bond motifs is 4. The molecule has 0 amide bonds. The molecule has 0 spiro atoms. The number of hydrogen-bond donors (Lipinski definition) is 3. The Balaban J connectivity index is 1.40. The quantitative estimate of drug-likeness (QED) is 0.235. The van der Waals surface area contributed by atoms with E-state index in [-0.39, 0.29) is 18.0 Å². The number of anilines is 1. The molecular weight excluding hydrogens is 489 g/mol. The first-order chi connectivity index (χ1) is 19.1. The van der Waals surface area contributed by atoms with Crippen LogP contribution in [0.3, 0.4) is 0 Å². The zero-order valence-corrected chi connectivity index (χ0v) is 21.2. The Morgan fingerprint density at radius 1 is 0.949 bits per heavy atom. The largest absolute Gasteiger partial charge is 0.393 e. The molecule has 2 heterocycles. The summed E-state index contributed by atoms with van der Waals surface area (Å²) in [6, 6.07) is 27.4. The van der Waals surface area contributed by atoms with Crippen molar-refractivity contribution in [2.75, 3.05) is 5.32 Å². The van der Waals surface area contributed by atoms with Crippen LogP contribution in [0.2, 0.25) is 0 Å². The summed E-state index contributed by atoms with van der Waals surface area (Å²) in [4.78, 5) is 8.08. The molecule has 0 unspecified atom stereocenters. The molecule has 0 bridgehead atoms. The van der Waals surface area contributed by atoms with Gasteiger partial charge in [0.15, 0.2) is 0 Å². The van der Waals surface area contributed by atoms with E-state index in [1.54, 1.807) is 6.07 Å². The predicted molar refractivity (Wildman–Crippen MR) is 152 cm³/mol. The molecule has 1 fully saturated rings. The minimum Gasteiger partial charge on any atom is -0.393 e. The topological polar surface area (TPSA) is 89.7 Å². The van der Waals surface area contributed by atoms with Crippen LogP contribution in [0.1, 0.15) is 31.2 Å². The maximum absolute atomic E-state index is 13.9. The number of aliphatic hydroxyl groups excluding tert-OH is 1. The number of nitriles is 1. The number of halogens is 1. The van der Waals surface area contributed by atoms with E-state index < -0.39 is 0 Å². The molecule has 0 saturated heterocycles. The van der Waals surface area contributed by atoms with Crippen LogP contribution in [0.25, 0.3) is 49.9 Å². The Hall–Kier alpha value is -4.67. The highest BCUT2D eigenvalue weighted by atomic mass is 19.1. The van der Waals surface area contributed by atoms with Crippen molar-refractivity contribution in [3.63, 3.8) is 0 Å². The van der Waals surface area contributed by atoms with Crippen molar-refractivity contribution in [2.45, 2.75) is 37.8 Å². The van der Waals surface area contributed by atoms with Crippen LogP contribution >= 0.6 is 0 Å². The SMILES string of the molecule is N#Cc1ccc(-n2c3ccccc3c3c(-c4nc5ccc(F)cc5[nH]4)cccc32)cc1NC1CCC(O)CC1. The molecule has 7 heteroatoms. The molecule has 1 aliphatic rings. The standard InChI is InChI=1S/C32H26FN5O/c33-20-9-15-26-28(16-20)37-32(36-26)25-5-3-7-30-31(25)24-4-1-2-6-29(24)38(30)22-12-8-19(18-34)27(17-22)35-21-10-13-23(39)14-11-21/h1-9,12,15-17,21,23,35,39H,10-11,13-14H2,(H,36,37). The third kappa shape index (κ3) is 4.01. The summed E-state index contributed by atoms with van der Waals surface area (Å²) in [5, 5.41) is 25.5. The van der Waals surface area contributed by atoms with Crippen LogP contribution in [-0.4, -0.2) is 31.8 Å². The first kappa shape index (κ1) is 23.4. The molecule has 1 aliphatic carbocycles. The van der Waals surface area contributed by atoms with Gasteiger partial charge in [-0.15, -0.1) is 0 Å². The van der Waals surface area contributed by atoms with Gasteiger partial charge in [-0.05, 0) is 74.2 Å². The normalized spacial score (nSPS) is 17.6. The smallest absolute Gasteiger partial charge is 0.139 e. The van der Waals surface area contributed by atoms with Gasteiger partial charge in [0.2, 0.25) is 0 Å². The summed E-state index contributed by atoms with van der Waals surface area (Å²) < 4.78 is 16.1. The second-order valence-corrected chi connectivity index (χ2v) is 10.3. The minimum absolute atomic E-state index is 0.221. The summed E-state index contributed by atoms with van der Waals surface area (Å²) in [5.41, 5.74) is 6.71. The molecule has 6 nitrogen and oxygen atoms in total. The van der Waals surface area contributed by atoms with Crippen LogP contribution < -0.4 is 5.32 Å². The van der Waals surface area contributed by atoms with Crippen LogP contribution in [0, 0.1) is 17.1 Å². The molecule has 1 saturated carbocycles. The van der Waals surface area contributed by atoms with E-state index in [2.05, 4.69) is 39.1 Å². The molecule has 0 radical (unpaired) electrons. The Kier molecular flexibility index (Phi) is 5.57. The fourth-order valence-corrected chi connectivity index (χ4v) is 5.93. The lowest BCUT2D eigenvalue weighted by atomic mass is 9.93. The number of rotatable bonds is 4. The fraction of sp³-hybridized carbons (Fsp3) is 0.188. The summed E-state index contributed by atoms with van der Waals surface area (Å²) in [7, 11) is 0. The number of aliphatic hydroxyl groups is 1. The fourth-order valence-electron chi connectivity index (χ4n) is 5.93. The molecule has 4 aromatic carbocycles. The second-order valence-electron chi connectivity index (χ2n) is 10.3. The van der Waals surface area contributed by atoms with Gasteiger partial charge in [0.05, 0.1) is 39.4 Å². The molecular formula is C32H26FN5O. The molecule has 39 heavy (non-hydrogen) atoms. The van der Waals surface area contributed by atoms with Crippen LogP contribution in [0.15, 0.2) is 78.9 Å². The average molecular weight is 516 g/mol. The number of aromatic nitrogens is 3. The lowest BCUT2D eigenvalue weighted by Gasteiger charge is -2.27. The summed E-state index contributed by atoms with van der Waals surface area (Å²) in [5.74, 6) is 0.382. The lowest BCUT2D eigenvalue weighted by molar-refractivity contribution is 0.126. The van der Waals surface area contributed by atoms with Crippen molar-refractivity contribution in [1.82, 2.24) is 14.5 Å². The van der Waals surface area contributed by atoms with Gasteiger partial charge in [-0.2, -0.15) is 5.26 Å². The van der Waals surface area contributed by atoms with E-state index in [4.69, 9.17) is 4.98 Å². The number of hydrogen-bond acceptors (Lipinski definition) is 4. The Bertz CT molecular complexity index is 1910. The van der Waals surface area contributed by atoms with E-state index in [1.807, 2.05) is 42.5 Å². The van der Waals surface area contributed by atoms with Gasteiger partial charge < -0.3 is 20.0 Å². The van der Waals surface area contributed by atoms with Gasteiger partial charge in [-0.25, -0.2) is 9.37 Å².